The molecule has 0 aromatic carbocycles. The van der Waals surface area contributed by atoms with Crippen LogP contribution in [0, 0.1) is 5.92 Å². The zero-order valence-electron chi connectivity index (χ0n) is 7.96. The quantitative estimate of drug-likeness (QED) is 0.669. The van der Waals surface area contributed by atoms with Crippen molar-refractivity contribution in [3.8, 4) is 0 Å². The van der Waals surface area contributed by atoms with Crippen LogP contribution in [0.25, 0.3) is 0 Å². The lowest BCUT2D eigenvalue weighted by Gasteiger charge is -2.27. The first-order valence-electron chi connectivity index (χ1n) is 4.69. The predicted octanol–water partition coefficient (Wildman–Crippen LogP) is 1.82. The predicted molar refractivity (Wildman–Crippen MR) is 54.3 cm³/mol. The molecule has 13 heavy (non-hydrogen) atoms. The number of carbonyl (C=O) groups is 1. The van der Waals surface area contributed by atoms with Crippen LogP contribution in [0.5, 0.6) is 0 Å². The Morgan fingerprint density at radius 2 is 2.23 bits per heavy atom. The van der Waals surface area contributed by atoms with E-state index in [1.54, 1.807) is 6.08 Å². The van der Waals surface area contributed by atoms with Crippen LogP contribution in [0.15, 0.2) is 25.3 Å². The average molecular weight is 179 g/mol. The van der Waals surface area contributed by atoms with E-state index in [4.69, 9.17) is 5.73 Å². The Balaban J connectivity index is 2.79. The van der Waals surface area contributed by atoms with E-state index in [0.29, 0.717) is 12.8 Å². The summed E-state index contributed by atoms with van der Waals surface area (Å²) in [5.41, 5.74) is 5.42. The summed E-state index contributed by atoms with van der Waals surface area (Å²) in [5, 5.41) is 0. The van der Waals surface area contributed by atoms with E-state index < -0.39 is 5.54 Å². The molecule has 1 fully saturated rings. The number of Topliss-reactive ketones (excluding diaryl/α,β-unsaturated/α-hetero) is 1. The molecule has 0 aliphatic heterocycles. The largest absolute Gasteiger partial charge is 0.318 e. The minimum Gasteiger partial charge on any atom is -0.318 e. The maximum absolute atomic E-state index is 11.6. The molecule has 0 spiro atoms. The first-order valence-corrected chi connectivity index (χ1v) is 4.69. The molecule has 0 radical (unpaired) electrons. The highest BCUT2D eigenvalue weighted by atomic mass is 16.1. The van der Waals surface area contributed by atoms with Gasteiger partial charge in [0.1, 0.15) is 0 Å². The second-order valence-corrected chi connectivity index (χ2v) is 3.72. The van der Waals surface area contributed by atoms with Gasteiger partial charge in [-0.25, -0.2) is 0 Å². The fourth-order valence-corrected chi connectivity index (χ4v) is 2.07. The highest BCUT2D eigenvalue weighted by Gasteiger charge is 2.44. The molecule has 1 saturated carbocycles. The van der Waals surface area contributed by atoms with Gasteiger partial charge >= 0.3 is 0 Å². The molecule has 2 unspecified atom stereocenters. The molecule has 2 nitrogen and oxygen atoms in total. The van der Waals surface area contributed by atoms with Crippen LogP contribution in [0.2, 0.25) is 0 Å². The van der Waals surface area contributed by atoms with Crippen molar-refractivity contribution in [3.05, 3.63) is 25.3 Å². The molecule has 2 heteroatoms. The highest BCUT2D eigenvalue weighted by molar-refractivity contribution is 5.91. The lowest BCUT2D eigenvalue weighted by molar-refractivity contribution is -0.122. The number of ketones is 1. The molecule has 0 bridgehead atoms. The van der Waals surface area contributed by atoms with Gasteiger partial charge in [-0.1, -0.05) is 12.2 Å². The van der Waals surface area contributed by atoms with Crippen LogP contribution >= 0.6 is 0 Å². The van der Waals surface area contributed by atoms with Gasteiger partial charge < -0.3 is 5.73 Å². The van der Waals surface area contributed by atoms with Gasteiger partial charge in [0.25, 0.3) is 0 Å². The van der Waals surface area contributed by atoms with Crippen LogP contribution < -0.4 is 5.73 Å². The van der Waals surface area contributed by atoms with Crippen molar-refractivity contribution < 1.29 is 4.79 Å². The third-order valence-corrected chi connectivity index (χ3v) is 2.90. The van der Waals surface area contributed by atoms with E-state index in [-0.39, 0.29) is 11.7 Å². The summed E-state index contributed by atoms with van der Waals surface area (Å²) >= 11 is 0. The summed E-state index contributed by atoms with van der Waals surface area (Å²) in [5.74, 6) is 0.440. The number of allylic oxidation sites excluding steroid dienone is 1. The molecule has 0 amide bonds. The molecule has 0 aromatic heterocycles. The monoisotopic (exact) mass is 179 g/mol. The minimum absolute atomic E-state index is 0.180. The van der Waals surface area contributed by atoms with Crippen molar-refractivity contribution in [2.24, 2.45) is 11.7 Å². The highest BCUT2D eigenvalue weighted by Crippen LogP contribution is 2.35. The lowest BCUT2D eigenvalue weighted by atomic mass is 9.82. The number of rotatable bonds is 4. The van der Waals surface area contributed by atoms with E-state index >= 15 is 0 Å². The van der Waals surface area contributed by atoms with Gasteiger partial charge in [0.15, 0.2) is 5.78 Å². The van der Waals surface area contributed by atoms with Crippen LogP contribution in [0.4, 0.5) is 0 Å². The van der Waals surface area contributed by atoms with Crippen molar-refractivity contribution in [2.75, 3.05) is 0 Å². The van der Waals surface area contributed by atoms with Gasteiger partial charge in [-0.05, 0) is 25.2 Å². The first-order chi connectivity index (χ1) is 6.15. The zero-order valence-corrected chi connectivity index (χ0v) is 7.96. The summed E-state index contributed by atoms with van der Waals surface area (Å²) in [7, 11) is 0. The van der Waals surface area contributed by atoms with Crippen molar-refractivity contribution in [1.82, 2.24) is 0 Å². The number of hydrogen-bond donors (Lipinski definition) is 1. The van der Waals surface area contributed by atoms with Gasteiger partial charge in [-0.2, -0.15) is 0 Å². The molecule has 0 heterocycles. The molecule has 0 aromatic rings. The van der Waals surface area contributed by atoms with Crippen molar-refractivity contribution in [1.29, 1.82) is 0 Å². The summed E-state index contributed by atoms with van der Waals surface area (Å²) in [6, 6.07) is 0. The van der Waals surface area contributed by atoms with E-state index in [0.717, 1.165) is 12.8 Å². The van der Waals surface area contributed by atoms with Gasteiger partial charge in [-0.15, -0.1) is 13.2 Å². The second kappa shape index (κ2) is 3.88. The van der Waals surface area contributed by atoms with Crippen LogP contribution in [0.1, 0.15) is 25.7 Å². The normalized spacial score (nSPS) is 33.3. The van der Waals surface area contributed by atoms with Crippen LogP contribution in [-0.4, -0.2) is 11.3 Å². The Labute approximate surface area is 79.5 Å². The minimum atomic E-state index is -0.657. The van der Waals surface area contributed by atoms with Crippen molar-refractivity contribution in [2.45, 2.75) is 31.2 Å². The zero-order chi connectivity index (χ0) is 9.90. The molecule has 1 aliphatic rings. The Morgan fingerprint density at radius 3 is 2.77 bits per heavy atom. The van der Waals surface area contributed by atoms with Gasteiger partial charge in [0.2, 0.25) is 0 Å². The Morgan fingerprint density at radius 1 is 1.54 bits per heavy atom. The molecule has 72 valence electrons. The van der Waals surface area contributed by atoms with Crippen molar-refractivity contribution >= 4 is 5.78 Å². The molecule has 2 atom stereocenters. The molecule has 0 saturated heterocycles. The lowest BCUT2D eigenvalue weighted by Crippen LogP contribution is -2.49. The number of hydrogen-bond acceptors (Lipinski definition) is 2. The molecular formula is C11H17NO. The van der Waals surface area contributed by atoms with E-state index in [1.165, 1.54) is 0 Å². The third-order valence-electron chi connectivity index (χ3n) is 2.90. The first kappa shape index (κ1) is 10.2. The van der Waals surface area contributed by atoms with E-state index in [1.807, 2.05) is 6.08 Å². The Kier molecular flexibility index (Phi) is 3.04. The maximum Gasteiger partial charge on any atom is 0.153 e. The topological polar surface area (TPSA) is 43.1 Å². The summed E-state index contributed by atoms with van der Waals surface area (Å²) in [6.45, 7) is 7.32. The SMILES string of the molecule is C=CCC1CCC(=O)C1(N)CC=C. The van der Waals surface area contributed by atoms with Crippen molar-refractivity contribution in [3.63, 3.8) is 0 Å². The van der Waals surface area contributed by atoms with Crippen LogP contribution in [0.3, 0.4) is 0 Å². The van der Waals surface area contributed by atoms with Gasteiger partial charge in [-0.3, -0.25) is 4.79 Å². The average Bonchev–Trinajstić information content (AvgIpc) is 2.34. The molecule has 2 N–H and O–H groups in total. The summed E-state index contributed by atoms with van der Waals surface area (Å²) < 4.78 is 0. The van der Waals surface area contributed by atoms with Crippen LogP contribution in [-0.2, 0) is 4.79 Å². The number of nitrogens with two attached hydrogens (primary N) is 1. The fraction of sp³-hybridized carbons (Fsp3) is 0.545. The molecule has 1 aliphatic carbocycles. The third kappa shape index (κ3) is 1.73. The Bertz CT molecular complexity index is 234. The number of carbonyl (C=O) groups excluding carboxylic acids is 1. The standard InChI is InChI=1S/C11H17NO/c1-3-5-9-6-7-10(13)11(9,12)8-4-2/h3-4,9H,1-2,5-8,12H2. The fourth-order valence-electron chi connectivity index (χ4n) is 2.07. The molecule has 1 rings (SSSR count). The molecular weight excluding hydrogens is 162 g/mol. The second-order valence-electron chi connectivity index (χ2n) is 3.72. The summed E-state index contributed by atoms with van der Waals surface area (Å²) in [6.07, 6.45) is 6.51. The maximum atomic E-state index is 11.6. The Hall–Kier alpha value is -0.890. The smallest absolute Gasteiger partial charge is 0.153 e. The van der Waals surface area contributed by atoms with E-state index in [9.17, 15) is 4.79 Å². The van der Waals surface area contributed by atoms with E-state index in [2.05, 4.69) is 13.2 Å². The van der Waals surface area contributed by atoms with Gasteiger partial charge in [0, 0.05) is 6.42 Å². The summed E-state index contributed by atoms with van der Waals surface area (Å²) in [4.78, 5) is 11.6. The van der Waals surface area contributed by atoms with Gasteiger partial charge in [0.05, 0.1) is 5.54 Å².